The van der Waals surface area contributed by atoms with Crippen molar-refractivity contribution in [3.63, 3.8) is 0 Å². The molecule has 0 amide bonds. The van der Waals surface area contributed by atoms with E-state index >= 15 is 0 Å². The molecule has 0 N–H and O–H groups in total. The molecule has 5 heterocycles. The number of para-hydroxylation sites is 8. The van der Waals surface area contributed by atoms with E-state index in [0.717, 1.165) is 130 Å². The van der Waals surface area contributed by atoms with Crippen LogP contribution >= 0.6 is 11.8 Å². The van der Waals surface area contributed by atoms with E-state index in [1.807, 2.05) is 23.9 Å². The average Bonchev–Trinajstić information content (AvgIpc) is 0.730. The third-order valence-electron chi connectivity index (χ3n) is 17.7. The van der Waals surface area contributed by atoms with Crippen LogP contribution in [0.2, 0.25) is 0 Å². The first kappa shape index (κ1) is 52.3. The van der Waals surface area contributed by atoms with Gasteiger partial charge in [0.15, 0.2) is 0 Å². The molecule has 0 aromatic heterocycles. The number of anilines is 14. The molecule has 0 radical (unpaired) electrons. The molecule has 0 saturated carbocycles. The Labute approximate surface area is 523 Å². The molecule has 5 aliphatic rings. The molecule has 0 atom stereocenters. The largest absolute Gasteiger partial charge is 0.458 e. The van der Waals surface area contributed by atoms with Crippen molar-refractivity contribution in [1.82, 2.24) is 0 Å². The van der Waals surface area contributed by atoms with Crippen molar-refractivity contribution in [2.45, 2.75) is 16.7 Å². The van der Waals surface area contributed by atoms with Gasteiger partial charge in [0.1, 0.15) is 23.0 Å². The van der Waals surface area contributed by atoms with Crippen LogP contribution in [0.1, 0.15) is 6.92 Å². The second kappa shape index (κ2) is 21.4. The van der Waals surface area contributed by atoms with Gasteiger partial charge < -0.3 is 34.0 Å². The number of hydrogen-bond acceptors (Lipinski definition) is 8. The van der Waals surface area contributed by atoms with E-state index in [2.05, 4.69) is 323 Å². The van der Waals surface area contributed by atoms with E-state index < -0.39 is 0 Å². The lowest BCUT2D eigenvalue weighted by molar-refractivity contribution is 0.464. The monoisotopic (exact) mass is 1160 g/mol. The Morgan fingerprint density at radius 1 is 0.371 bits per heavy atom. The maximum atomic E-state index is 7.64. The molecular weight excluding hydrogens is 1100 g/mol. The van der Waals surface area contributed by atoms with Gasteiger partial charge >= 0.3 is 0 Å². The predicted molar refractivity (Wildman–Crippen MR) is 373 cm³/mol. The fourth-order valence-corrected chi connectivity index (χ4v) is 15.2. The Morgan fingerprint density at radius 2 is 0.843 bits per heavy atom. The number of allylic oxidation sites excluding steroid dienone is 5. The highest BCUT2D eigenvalue weighted by Gasteiger charge is 2.48. The summed E-state index contributed by atoms with van der Waals surface area (Å²) in [6.45, 7) is 5.63. The van der Waals surface area contributed by atoms with E-state index in [9.17, 15) is 0 Å². The standard InChI is InChI=1S/C79H55B2N5O2S/c1-3-4-11-28-53(2)82(54-29-12-5-13-30-54)61-47-74-79-75(48-61)88-73-52-69-77(89-76-44-27-26-43-67(76)85(69)58-37-20-9-21-38-58)50-65(73)81(79)64-49-63-68(51-72(64)87-74)86(59-39-22-10-23-40-59)71-46-60(83(55-31-14-6-15-32-55)56-33-16-7-17-34-56)45-70-78(71)80(63)62-41-24-25-42-66(62)84(70)57-35-18-8-19-36-57/h3-52H,1H2,2H3/b11-4-,53-28+. The Hall–Kier alpha value is -11.1. The van der Waals surface area contributed by atoms with Gasteiger partial charge in [-0.15, -0.1) is 0 Å². The van der Waals surface area contributed by atoms with E-state index in [1.54, 1.807) is 6.08 Å². The van der Waals surface area contributed by atoms with Gasteiger partial charge in [-0.05, 0) is 150 Å². The number of hydrogen-bond donors (Lipinski definition) is 0. The normalized spacial score (nSPS) is 13.5. The molecule has 0 spiro atoms. The Bertz CT molecular complexity index is 4800. The molecule has 10 heteroatoms. The summed E-state index contributed by atoms with van der Waals surface area (Å²) in [5.41, 5.74) is 22.7. The van der Waals surface area contributed by atoms with Gasteiger partial charge in [0.2, 0.25) is 0 Å². The summed E-state index contributed by atoms with van der Waals surface area (Å²) in [6.07, 6.45) is 7.91. The first-order chi connectivity index (χ1) is 44.0. The van der Waals surface area contributed by atoms with E-state index in [0.29, 0.717) is 0 Å². The zero-order valence-corrected chi connectivity index (χ0v) is 49.5. The third-order valence-corrected chi connectivity index (χ3v) is 18.8. The van der Waals surface area contributed by atoms with Crippen LogP contribution in [0.3, 0.4) is 0 Å². The average molecular weight is 1160 g/mol. The lowest BCUT2D eigenvalue weighted by Crippen LogP contribution is -2.64. The molecule has 0 fully saturated rings. The van der Waals surface area contributed by atoms with Crippen LogP contribution < -0.4 is 66.8 Å². The maximum Gasteiger partial charge on any atom is 0.260 e. The fourth-order valence-electron chi connectivity index (χ4n) is 14.1. The van der Waals surface area contributed by atoms with Crippen molar-refractivity contribution in [3.8, 4) is 23.0 Å². The van der Waals surface area contributed by atoms with E-state index in [-0.39, 0.29) is 13.4 Å². The SMILES string of the molecule is C=C/C=C\C=C(/C)N(c1ccccc1)c1cc2c3c(c1)Oc1cc4c(cc1B3c1cc3c(cc1O2)N(c1ccccc1)c1ccccc1S3)B1c2ccccc2N(c2ccccc2)c2cc(N(c3ccccc3)c3ccccc3)cc(c21)N4c1ccccc1. The summed E-state index contributed by atoms with van der Waals surface area (Å²) >= 11 is 1.82. The van der Waals surface area contributed by atoms with Gasteiger partial charge in [0.05, 0.1) is 22.7 Å². The van der Waals surface area contributed by atoms with Crippen molar-refractivity contribution in [1.29, 1.82) is 0 Å². The zero-order valence-electron chi connectivity index (χ0n) is 48.7. The second-order valence-corrected chi connectivity index (χ2v) is 24.0. The summed E-state index contributed by atoms with van der Waals surface area (Å²) in [5.74, 6) is 3.08. The van der Waals surface area contributed by atoms with Gasteiger partial charge in [0, 0.05) is 102 Å². The minimum atomic E-state index is -0.282. The van der Waals surface area contributed by atoms with Crippen molar-refractivity contribution < 1.29 is 9.47 Å². The van der Waals surface area contributed by atoms with Crippen LogP contribution in [-0.4, -0.2) is 13.4 Å². The van der Waals surface area contributed by atoms with Crippen LogP contribution in [0.25, 0.3) is 0 Å². The molecular formula is C79H55B2N5O2S. The third kappa shape index (κ3) is 8.62. The number of nitrogens with zero attached hydrogens (tertiary/aromatic N) is 5. The van der Waals surface area contributed by atoms with Gasteiger partial charge in [-0.1, -0.05) is 182 Å². The maximum absolute atomic E-state index is 7.64. The van der Waals surface area contributed by atoms with Crippen LogP contribution in [0.5, 0.6) is 23.0 Å². The highest BCUT2D eigenvalue weighted by Crippen LogP contribution is 2.54. The minimum absolute atomic E-state index is 0.186. The van der Waals surface area contributed by atoms with Gasteiger partial charge in [-0.25, -0.2) is 0 Å². The Kier molecular flexibility index (Phi) is 12.6. The lowest BCUT2D eigenvalue weighted by atomic mass is 9.31. The van der Waals surface area contributed by atoms with Crippen LogP contribution in [0.15, 0.2) is 325 Å². The fraction of sp³-hybridized carbons (Fsp3) is 0.0127. The zero-order chi connectivity index (χ0) is 59.1. The lowest BCUT2D eigenvalue weighted by Gasteiger charge is -2.45. The highest BCUT2D eigenvalue weighted by atomic mass is 32.2. The summed E-state index contributed by atoms with van der Waals surface area (Å²) in [6, 6.07) is 101. The molecule has 0 unspecified atom stereocenters. The first-order valence-corrected chi connectivity index (χ1v) is 31.1. The number of ether oxygens (including phenoxy) is 2. The number of benzene rings is 12. The van der Waals surface area contributed by atoms with Crippen molar-refractivity contribution >= 4 is 138 Å². The van der Waals surface area contributed by atoms with Gasteiger partial charge in [0.25, 0.3) is 13.4 Å². The van der Waals surface area contributed by atoms with Crippen molar-refractivity contribution in [2.24, 2.45) is 0 Å². The number of fused-ring (bicyclic) bond motifs is 10. The Morgan fingerprint density at radius 3 is 1.43 bits per heavy atom. The highest BCUT2D eigenvalue weighted by molar-refractivity contribution is 7.99. The van der Waals surface area contributed by atoms with Crippen molar-refractivity contribution in [3.05, 3.63) is 316 Å². The Balaban J connectivity index is 0.939. The number of rotatable bonds is 11. The summed E-state index contributed by atoms with van der Waals surface area (Å²) in [4.78, 5) is 14.4. The predicted octanol–water partition coefficient (Wildman–Crippen LogP) is 17.7. The molecule has 17 rings (SSSR count). The molecule has 89 heavy (non-hydrogen) atoms. The second-order valence-electron chi connectivity index (χ2n) is 22.9. The molecule has 0 saturated heterocycles. The van der Waals surface area contributed by atoms with Crippen LogP contribution in [0.4, 0.5) is 79.6 Å². The minimum Gasteiger partial charge on any atom is -0.458 e. The molecule has 5 aliphatic heterocycles. The molecule has 12 aromatic carbocycles. The van der Waals surface area contributed by atoms with E-state index in [1.165, 1.54) is 21.3 Å². The summed E-state index contributed by atoms with van der Waals surface area (Å²) in [5, 5.41) is 0. The van der Waals surface area contributed by atoms with E-state index in [4.69, 9.17) is 9.47 Å². The van der Waals surface area contributed by atoms with Crippen LogP contribution in [-0.2, 0) is 0 Å². The summed E-state index contributed by atoms with van der Waals surface area (Å²) in [7, 11) is 0. The van der Waals surface area contributed by atoms with Crippen molar-refractivity contribution in [2.75, 3.05) is 24.5 Å². The van der Waals surface area contributed by atoms with Gasteiger partial charge in [-0.3, -0.25) is 0 Å². The van der Waals surface area contributed by atoms with Crippen LogP contribution in [0, 0.1) is 0 Å². The first-order valence-electron chi connectivity index (χ1n) is 30.2. The summed E-state index contributed by atoms with van der Waals surface area (Å²) < 4.78 is 15.1. The molecule has 7 nitrogen and oxygen atoms in total. The van der Waals surface area contributed by atoms with Gasteiger partial charge in [-0.2, -0.15) is 0 Å². The quantitative estimate of drug-likeness (QED) is 0.0936. The smallest absolute Gasteiger partial charge is 0.260 e. The topological polar surface area (TPSA) is 34.7 Å². The molecule has 12 aromatic rings. The molecule has 420 valence electrons. The molecule has 0 bridgehead atoms. The molecule has 0 aliphatic carbocycles.